The van der Waals surface area contributed by atoms with Gasteiger partial charge in [-0.2, -0.15) is 0 Å². The molecule has 0 N–H and O–H groups in total. The van der Waals surface area contributed by atoms with Gasteiger partial charge in [0.05, 0.1) is 0 Å². The van der Waals surface area contributed by atoms with Crippen molar-refractivity contribution in [1.29, 1.82) is 0 Å². The third-order valence-electron chi connectivity index (χ3n) is 3.46. The number of hydrogen-bond acceptors (Lipinski definition) is 3. The number of epoxide rings is 1. The van der Waals surface area contributed by atoms with Gasteiger partial charge in [-0.15, -0.1) is 0 Å². The minimum absolute atomic E-state index is 0.336. The molecule has 0 saturated carbocycles. The third-order valence-corrected chi connectivity index (χ3v) is 3.71. The lowest BCUT2D eigenvalue weighted by Gasteiger charge is -2.22. The van der Waals surface area contributed by atoms with E-state index in [1.807, 2.05) is 39.8 Å². The summed E-state index contributed by atoms with van der Waals surface area (Å²) in [5.41, 5.74) is -1.19. The van der Waals surface area contributed by atoms with Crippen LogP contribution in [0.3, 0.4) is 0 Å². The van der Waals surface area contributed by atoms with Crippen molar-refractivity contribution in [3.8, 4) is 0 Å². The SMILES string of the molecule is CC(C)(C)OC(=O)[C@@]1(C)O[C@@]1(C)c1ccc(Cl)cc1. The zero-order valence-corrected chi connectivity index (χ0v) is 12.7. The van der Waals surface area contributed by atoms with Crippen molar-refractivity contribution in [1.82, 2.24) is 0 Å². The van der Waals surface area contributed by atoms with E-state index in [-0.39, 0.29) is 5.97 Å². The first-order valence-electron chi connectivity index (χ1n) is 6.28. The van der Waals surface area contributed by atoms with Gasteiger partial charge >= 0.3 is 5.97 Å². The number of esters is 1. The lowest BCUT2D eigenvalue weighted by molar-refractivity contribution is -0.160. The first-order valence-corrected chi connectivity index (χ1v) is 6.66. The molecule has 1 aliphatic rings. The van der Waals surface area contributed by atoms with Crippen molar-refractivity contribution in [2.24, 2.45) is 0 Å². The van der Waals surface area contributed by atoms with Crippen molar-refractivity contribution >= 4 is 17.6 Å². The van der Waals surface area contributed by atoms with Crippen LogP contribution in [0.1, 0.15) is 40.2 Å². The number of benzene rings is 1. The highest BCUT2D eigenvalue weighted by Gasteiger charge is 2.71. The number of halogens is 1. The van der Waals surface area contributed by atoms with Crippen LogP contribution in [0.5, 0.6) is 0 Å². The van der Waals surface area contributed by atoms with Crippen LogP contribution < -0.4 is 0 Å². The molecule has 3 nitrogen and oxygen atoms in total. The fourth-order valence-electron chi connectivity index (χ4n) is 2.10. The second-order valence-electron chi connectivity index (χ2n) is 6.18. The fraction of sp³-hybridized carbons (Fsp3) is 0.533. The highest BCUT2D eigenvalue weighted by Crippen LogP contribution is 2.56. The van der Waals surface area contributed by atoms with Crippen LogP contribution in [0.15, 0.2) is 24.3 Å². The summed E-state index contributed by atoms with van der Waals surface area (Å²) in [6.07, 6.45) is 0. The average molecular weight is 283 g/mol. The van der Waals surface area contributed by atoms with E-state index in [0.717, 1.165) is 5.56 Å². The Morgan fingerprint density at radius 1 is 1.21 bits per heavy atom. The van der Waals surface area contributed by atoms with Gasteiger partial charge in [0.2, 0.25) is 0 Å². The Morgan fingerprint density at radius 3 is 2.21 bits per heavy atom. The van der Waals surface area contributed by atoms with Gasteiger partial charge in [-0.25, -0.2) is 4.79 Å². The molecule has 1 aromatic rings. The second kappa shape index (κ2) is 4.22. The van der Waals surface area contributed by atoms with Crippen LogP contribution >= 0.6 is 11.6 Å². The zero-order valence-electron chi connectivity index (χ0n) is 11.9. The maximum Gasteiger partial charge on any atom is 0.342 e. The summed E-state index contributed by atoms with van der Waals surface area (Å²) in [5, 5.41) is 0.659. The van der Waals surface area contributed by atoms with Crippen LogP contribution in [-0.4, -0.2) is 17.2 Å². The van der Waals surface area contributed by atoms with Gasteiger partial charge in [-0.3, -0.25) is 0 Å². The summed E-state index contributed by atoms with van der Waals surface area (Å²) < 4.78 is 11.1. The number of carbonyl (C=O) groups is 1. The molecule has 4 heteroatoms. The Balaban J connectivity index is 2.21. The molecule has 0 aliphatic carbocycles. The summed E-state index contributed by atoms with van der Waals surface area (Å²) in [4.78, 5) is 12.2. The van der Waals surface area contributed by atoms with Crippen molar-refractivity contribution in [3.63, 3.8) is 0 Å². The lowest BCUT2D eigenvalue weighted by atomic mass is 9.89. The molecule has 0 radical (unpaired) electrons. The number of carbonyl (C=O) groups excluding carboxylic acids is 1. The highest BCUT2D eigenvalue weighted by atomic mass is 35.5. The summed E-state index contributed by atoms with van der Waals surface area (Å²) in [5.74, 6) is -0.336. The molecule has 2 atom stereocenters. The number of hydrogen-bond donors (Lipinski definition) is 0. The van der Waals surface area contributed by atoms with Crippen LogP contribution in [0.25, 0.3) is 0 Å². The quantitative estimate of drug-likeness (QED) is 0.613. The summed E-state index contributed by atoms with van der Waals surface area (Å²) >= 11 is 5.87. The first-order chi connectivity index (χ1) is 8.58. The van der Waals surface area contributed by atoms with Gasteiger partial charge in [0, 0.05) is 5.02 Å². The Kier molecular flexibility index (Phi) is 3.19. The molecular weight excluding hydrogens is 264 g/mol. The van der Waals surface area contributed by atoms with E-state index in [2.05, 4.69) is 0 Å². The Bertz CT molecular complexity index is 503. The maximum atomic E-state index is 12.2. The Labute approximate surface area is 118 Å². The molecule has 0 aromatic heterocycles. The van der Waals surface area contributed by atoms with Crippen molar-refractivity contribution < 1.29 is 14.3 Å². The normalized spacial score (nSPS) is 30.0. The van der Waals surface area contributed by atoms with E-state index >= 15 is 0 Å². The molecule has 0 unspecified atom stereocenters. The van der Waals surface area contributed by atoms with Gasteiger partial charge in [0.15, 0.2) is 5.60 Å². The largest absolute Gasteiger partial charge is 0.458 e. The molecule has 1 saturated heterocycles. The van der Waals surface area contributed by atoms with Crippen molar-refractivity contribution in [3.05, 3.63) is 34.9 Å². The lowest BCUT2D eigenvalue weighted by Crippen LogP contribution is -2.36. The molecule has 0 bridgehead atoms. The molecule has 1 heterocycles. The van der Waals surface area contributed by atoms with Crippen LogP contribution in [0, 0.1) is 0 Å². The van der Waals surface area contributed by atoms with E-state index in [1.165, 1.54) is 0 Å². The van der Waals surface area contributed by atoms with E-state index in [4.69, 9.17) is 21.1 Å². The highest BCUT2D eigenvalue weighted by molar-refractivity contribution is 6.30. The second-order valence-corrected chi connectivity index (χ2v) is 6.61. The number of ether oxygens (including phenoxy) is 2. The van der Waals surface area contributed by atoms with Crippen LogP contribution in [0.4, 0.5) is 0 Å². The predicted molar refractivity (Wildman–Crippen MR) is 74.1 cm³/mol. The van der Waals surface area contributed by atoms with E-state index in [9.17, 15) is 4.79 Å². The maximum absolute atomic E-state index is 12.2. The van der Waals surface area contributed by atoms with Crippen LogP contribution in [-0.2, 0) is 19.9 Å². The van der Waals surface area contributed by atoms with Gasteiger partial charge in [-0.05, 0) is 52.3 Å². The van der Waals surface area contributed by atoms with Crippen molar-refractivity contribution in [2.45, 2.75) is 51.4 Å². The van der Waals surface area contributed by atoms with Gasteiger partial charge < -0.3 is 9.47 Å². The van der Waals surface area contributed by atoms with Crippen molar-refractivity contribution in [2.75, 3.05) is 0 Å². The monoisotopic (exact) mass is 282 g/mol. The minimum Gasteiger partial charge on any atom is -0.458 e. The molecular formula is C15H19ClO3. The molecule has 19 heavy (non-hydrogen) atoms. The first kappa shape index (κ1) is 14.4. The van der Waals surface area contributed by atoms with Gasteiger partial charge in [0.25, 0.3) is 0 Å². The standard InChI is InChI=1S/C15H19ClO3/c1-13(2,3)18-12(17)15(5)14(4,19-15)10-6-8-11(16)9-7-10/h6-9H,1-5H3/t14-,15+/m0/s1. The smallest absolute Gasteiger partial charge is 0.342 e. The summed E-state index contributed by atoms with van der Waals surface area (Å²) in [7, 11) is 0. The molecule has 2 rings (SSSR count). The number of rotatable bonds is 2. The van der Waals surface area contributed by atoms with E-state index in [1.54, 1.807) is 19.1 Å². The van der Waals surface area contributed by atoms with E-state index in [0.29, 0.717) is 5.02 Å². The zero-order chi connectivity index (χ0) is 14.5. The summed E-state index contributed by atoms with van der Waals surface area (Å²) in [6.45, 7) is 9.18. The minimum atomic E-state index is -0.936. The van der Waals surface area contributed by atoms with Gasteiger partial charge in [-0.1, -0.05) is 23.7 Å². The molecule has 104 valence electrons. The third kappa shape index (κ3) is 2.49. The predicted octanol–water partition coefficient (Wildman–Crippen LogP) is 3.69. The average Bonchev–Trinajstić information content (AvgIpc) is 2.83. The molecule has 1 aromatic carbocycles. The van der Waals surface area contributed by atoms with Gasteiger partial charge in [0.1, 0.15) is 11.2 Å². The molecule has 1 fully saturated rings. The fourth-order valence-corrected chi connectivity index (χ4v) is 2.22. The summed E-state index contributed by atoms with van der Waals surface area (Å²) in [6, 6.07) is 7.33. The molecule has 0 amide bonds. The molecule has 0 spiro atoms. The Morgan fingerprint density at radius 2 is 1.74 bits per heavy atom. The van der Waals surface area contributed by atoms with Crippen LogP contribution in [0.2, 0.25) is 5.02 Å². The molecule has 1 aliphatic heterocycles. The Hall–Kier alpha value is -1.06. The topological polar surface area (TPSA) is 38.8 Å². The van der Waals surface area contributed by atoms with E-state index < -0.39 is 16.8 Å².